The van der Waals surface area contributed by atoms with Gasteiger partial charge in [0, 0.05) is 18.6 Å². The second-order valence-corrected chi connectivity index (χ2v) is 8.94. The topological polar surface area (TPSA) is 25.8 Å². The minimum absolute atomic E-state index is 0.0419. The van der Waals surface area contributed by atoms with Crippen molar-refractivity contribution in [3.63, 3.8) is 0 Å². The molecule has 1 aliphatic rings. The normalized spacial score (nSPS) is 24.9. The van der Waals surface area contributed by atoms with Gasteiger partial charge >= 0.3 is 0 Å². The molecule has 1 aromatic carbocycles. The second kappa shape index (κ2) is 8.49. The number of hydrogen-bond donors (Lipinski definition) is 1. The number of rotatable bonds is 8. The molecule has 1 heterocycles. The van der Waals surface area contributed by atoms with E-state index in [9.17, 15) is 0 Å². The molecule has 1 aliphatic heterocycles. The maximum absolute atomic E-state index is 6.01. The molecule has 0 spiro atoms. The molecular weight excluding hydrogens is 294 g/mol. The van der Waals surface area contributed by atoms with Crippen LogP contribution in [0.4, 0.5) is 0 Å². The summed E-state index contributed by atoms with van der Waals surface area (Å²) in [5.41, 5.74) is 1.94. The third-order valence-electron chi connectivity index (χ3n) is 5.70. The van der Waals surface area contributed by atoms with E-state index in [1.807, 2.05) is 0 Å². The Kier molecular flexibility index (Phi) is 6.88. The molecule has 0 bridgehead atoms. The Bertz CT molecular complexity index is 482. The van der Waals surface area contributed by atoms with Crippen molar-refractivity contribution in [3.05, 3.63) is 35.9 Å². The van der Waals surface area contributed by atoms with Gasteiger partial charge in [0.1, 0.15) is 6.04 Å². The van der Waals surface area contributed by atoms with Crippen molar-refractivity contribution < 1.29 is 10.1 Å². The van der Waals surface area contributed by atoms with Gasteiger partial charge in [-0.15, -0.1) is 0 Å². The van der Waals surface area contributed by atoms with Gasteiger partial charge in [-0.25, -0.2) is 0 Å². The first-order valence-electron chi connectivity index (χ1n) is 9.84. The quantitative estimate of drug-likeness (QED) is 0.733. The molecule has 136 valence electrons. The van der Waals surface area contributed by atoms with Crippen LogP contribution in [0.15, 0.2) is 30.3 Å². The average molecular weight is 333 g/mol. The number of hydrogen-bond acceptors (Lipinski definition) is 1. The molecular formula is C22H38NO+. The van der Waals surface area contributed by atoms with E-state index in [-0.39, 0.29) is 5.60 Å². The van der Waals surface area contributed by atoms with Crippen molar-refractivity contribution in [2.24, 2.45) is 11.3 Å². The molecule has 0 aliphatic carbocycles. The van der Waals surface area contributed by atoms with Gasteiger partial charge in [0.15, 0.2) is 0 Å². The van der Waals surface area contributed by atoms with E-state index < -0.39 is 0 Å². The molecule has 24 heavy (non-hydrogen) atoms. The van der Waals surface area contributed by atoms with Crippen LogP contribution >= 0.6 is 0 Å². The van der Waals surface area contributed by atoms with Crippen molar-refractivity contribution in [3.8, 4) is 0 Å². The van der Waals surface area contributed by atoms with Crippen LogP contribution in [0.25, 0.3) is 0 Å². The highest BCUT2D eigenvalue weighted by Crippen LogP contribution is 2.45. The van der Waals surface area contributed by atoms with Crippen LogP contribution in [0, 0.1) is 11.3 Å². The zero-order valence-electron chi connectivity index (χ0n) is 16.5. The lowest BCUT2D eigenvalue weighted by Crippen LogP contribution is -2.85. The van der Waals surface area contributed by atoms with Gasteiger partial charge in [0.05, 0.1) is 12.1 Å². The third-order valence-corrected chi connectivity index (χ3v) is 5.70. The van der Waals surface area contributed by atoms with Crippen LogP contribution in [0.2, 0.25) is 0 Å². The number of quaternary nitrogens is 1. The fourth-order valence-corrected chi connectivity index (χ4v) is 4.27. The molecule has 0 unspecified atom stereocenters. The summed E-state index contributed by atoms with van der Waals surface area (Å²) in [6.07, 6.45) is 6.44. The minimum atomic E-state index is 0.0419. The van der Waals surface area contributed by atoms with E-state index in [4.69, 9.17) is 4.74 Å². The predicted octanol–water partition coefficient (Wildman–Crippen LogP) is 4.71. The van der Waals surface area contributed by atoms with Crippen molar-refractivity contribution >= 4 is 0 Å². The molecule has 0 aromatic heterocycles. The lowest BCUT2D eigenvalue weighted by Gasteiger charge is -2.45. The third kappa shape index (κ3) is 5.89. The summed E-state index contributed by atoms with van der Waals surface area (Å²) < 4.78 is 6.01. The summed E-state index contributed by atoms with van der Waals surface area (Å²) >= 11 is 0. The molecule has 0 saturated carbocycles. The zero-order chi connectivity index (χ0) is 17.6. The predicted molar refractivity (Wildman–Crippen MR) is 102 cm³/mol. The SMILES string of the molecule is CC(C)CC[C@]1(CC[NH2+][C@@H](C)c2ccccc2)CCOC(C)(C)C1. The number of benzene rings is 1. The molecule has 2 atom stereocenters. The Morgan fingerprint density at radius 3 is 2.42 bits per heavy atom. The molecule has 0 amide bonds. The van der Waals surface area contributed by atoms with Crippen molar-refractivity contribution in [2.45, 2.75) is 78.4 Å². The van der Waals surface area contributed by atoms with Gasteiger partial charge in [-0.05, 0) is 51.4 Å². The Morgan fingerprint density at radius 2 is 1.79 bits per heavy atom. The highest BCUT2D eigenvalue weighted by atomic mass is 16.5. The van der Waals surface area contributed by atoms with Gasteiger partial charge in [-0.3, -0.25) is 0 Å². The summed E-state index contributed by atoms with van der Waals surface area (Å²) in [7, 11) is 0. The molecule has 2 heteroatoms. The second-order valence-electron chi connectivity index (χ2n) is 8.94. The Balaban J connectivity index is 1.93. The minimum Gasteiger partial charge on any atom is -0.376 e. The van der Waals surface area contributed by atoms with Crippen LogP contribution in [-0.2, 0) is 4.74 Å². The fourth-order valence-electron chi connectivity index (χ4n) is 4.27. The Hall–Kier alpha value is -0.860. The number of nitrogens with two attached hydrogens (primary N) is 1. The fraction of sp³-hybridized carbons (Fsp3) is 0.727. The van der Waals surface area contributed by atoms with Crippen LogP contribution < -0.4 is 5.32 Å². The molecule has 0 radical (unpaired) electrons. The van der Waals surface area contributed by atoms with Gasteiger partial charge in [0.2, 0.25) is 0 Å². The maximum Gasteiger partial charge on any atom is 0.109 e. The van der Waals surface area contributed by atoms with E-state index in [2.05, 4.69) is 70.3 Å². The highest BCUT2D eigenvalue weighted by molar-refractivity contribution is 5.16. The van der Waals surface area contributed by atoms with E-state index in [1.165, 1.54) is 44.2 Å². The Labute approximate surface area is 149 Å². The molecule has 1 fully saturated rings. The van der Waals surface area contributed by atoms with Crippen molar-refractivity contribution in [2.75, 3.05) is 13.2 Å². The van der Waals surface area contributed by atoms with Gasteiger partial charge in [-0.2, -0.15) is 0 Å². The van der Waals surface area contributed by atoms with Crippen molar-refractivity contribution in [1.82, 2.24) is 0 Å². The smallest absolute Gasteiger partial charge is 0.109 e. The van der Waals surface area contributed by atoms with E-state index in [1.54, 1.807) is 0 Å². The average Bonchev–Trinajstić information content (AvgIpc) is 2.53. The standard InChI is InChI=1S/C22H37NO/c1-18(2)11-12-22(14-16-24-21(4,5)17-22)13-15-23-19(3)20-9-7-6-8-10-20/h6-10,18-19,23H,11-17H2,1-5H3/p+1/t19-,22-/m0/s1. The molecule has 1 saturated heterocycles. The van der Waals surface area contributed by atoms with Gasteiger partial charge in [-0.1, -0.05) is 50.6 Å². The van der Waals surface area contributed by atoms with Crippen LogP contribution in [-0.4, -0.2) is 18.8 Å². The van der Waals surface area contributed by atoms with Gasteiger partial charge < -0.3 is 10.1 Å². The zero-order valence-corrected chi connectivity index (χ0v) is 16.5. The first-order chi connectivity index (χ1) is 11.3. The summed E-state index contributed by atoms with van der Waals surface area (Å²) in [6.45, 7) is 13.7. The first kappa shape index (κ1) is 19.5. The number of ether oxygens (including phenoxy) is 1. The molecule has 2 rings (SSSR count). The van der Waals surface area contributed by atoms with Crippen molar-refractivity contribution in [1.29, 1.82) is 0 Å². The summed E-state index contributed by atoms with van der Waals surface area (Å²) in [6, 6.07) is 11.4. The van der Waals surface area contributed by atoms with Crippen LogP contribution in [0.3, 0.4) is 0 Å². The lowest BCUT2D eigenvalue weighted by molar-refractivity contribution is -0.694. The maximum atomic E-state index is 6.01. The van der Waals surface area contributed by atoms with E-state index >= 15 is 0 Å². The molecule has 2 nitrogen and oxygen atoms in total. The molecule has 1 aromatic rings. The largest absolute Gasteiger partial charge is 0.376 e. The van der Waals surface area contributed by atoms with Gasteiger partial charge in [0.25, 0.3) is 0 Å². The lowest BCUT2D eigenvalue weighted by atomic mass is 9.68. The molecule has 2 N–H and O–H groups in total. The summed E-state index contributed by atoms with van der Waals surface area (Å²) in [5.74, 6) is 0.792. The van der Waals surface area contributed by atoms with E-state index in [0.29, 0.717) is 11.5 Å². The first-order valence-corrected chi connectivity index (χ1v) is 9.84. The summed E-state index contributed by atoms with van der Waals surface area (Å²) in [5, 5.41) is 2.52. The Morgan fingerprint density at radius 1 is 1.08 bits per heavy atom. The highest BCUT2D eigenvalue weighted by Gasteiger charge is 2.40. The monoisotopic (exact) mass is 332 g/mol. The summed E-state index contributed by atoms with van der Waals surface area (Å²) in [4.78, 5) is 0. The van der Waals surface area contributed by atoms with Crippen LogP contribution in [0.5, 0.6) is 0 Å². The van der Waals surface area contributed by atoms with Crippen LogP contribution in [0.1, 0.15) is 78.3 Å². The van der Waals surface area contributed by atoms with E-state index in [0.717, 1.165) is 12.5 Å².